The van der Waals surface area contributed by atoms with Crippen LogP contribution in [0.5, 0.6) is 11.5 Å². The van der Waals surface area contributed by atoms with Crippen LogP contribution in [0.1, 0.15) is 23.1 Å². The molecule has 3 aromatic rings. The first kappa shape index (κ1) is 20.4. The molecule has 158 valence electrons. The van der Waals surface area contributed by atoms with Gasteiger partial charge in [0.2, 0.25) is 0 Å². The summed E-state index contributed by atoms with van der Waals surface area (Å²) in [5, 5.41) is 0. The molecule has 2 aromatic carbocycles. The van der Waals surface area contributed by atoms with Gasteiger partial charge in [0.05, 0.1) is 20.0 Å². The number of ether oxygens (including phenoxy) is 4. The Labute approximate surface area is 177 Å². The summed E-state index contributed by atoms with van der Waals surface area (Å²) < 4.78 is 25.8. The van der Waals surface area contributed by atoms with Gasteiger partial charge in [0.25, 0.3) is 5.91 Å². The van der Waals surface area contributed by atoms with Crippen molar-refractivity contribution in [1.29, 1.82) is 0 Å². The van der Waals surface area contributed by atoms with Crippen LogP contribution >= 0.6 is 0 Å². The molecule has 2 heterocycles. The third-order valence-corrected chi connectivity index (χ3v) is 5.39. The average Bonchev–Trinajstić information content (AvgIpc) is 3.43. The Hall–Kier alpha value is -2.83. The van der Waals surface area contributed by atoms with Gasteiger partial charge in [-0.1, -0.05) is 29.8 Å². The van der Waals surface area contributed by atoms with Crippen molar-refractivity contribution in [3.63, 3.8) is 0 Å². The number of nitrogens with zero attached hydrogens (tertiary/aromatic N) is 2. The molecule has 1 aromatic heterocycles. The second-order valence-electron chi connectivity index (χ2n) is 7.66. The number of aromatic nitrogens is 2. The fraction of sp³-hybridized carbons (Fsp3) is 0.375. The van der Waals surface area contributed by atoms with E-state index in [0.717, 1.165) is 23.5 Å². The van der Waals surface area contributed by atoms with Crippen LogP contribution < -0.4 is 9.47 Å². The highest BCUT2D eigenvalue weighted by atomic mass is 16.8. The molecule has 4 rings (SSSR count). The highest BCUT2D eigenvalue weighted by Gasteiger charge is 2.43. The number of rotatable bonds is 8. The summed E-state index contributed by atoms with van der Waals surface area (Å²) in [6, 6.07) is 14.2. The van der Waals surface area contributed by atoms with Crippen molar-refractivity contribution in [2.24, 2.45) is 0 Å². The van der Waals surface area contributed by atoms with Gasteiger partial charge >= 0.3 is 0 Å². The highest BCUT2D eigenvalue weighted by molar-refractivity contribution is 5.35. The van der Waals surface area contributed by atoms with Gasteiger partial charge in [-0.15, -0.1) is 0 Å². The minimum atomic E-state index is -0.882. The zero-order valence-electron chi connectivity index (χ0n) is 17.7. The lowest BCUT2D eigenvalue weighted by Gasteiger charge is -2.29. The summed E-state index contributed by atoms with van der Waals surface area (Å²) >= 11 is 0. The highest BCUT2D eigenvalue weighted by Crippen LogP contribution is 2.34. The smallest absolute Gasteiger partial charge is 0.257 e. The van der Waals surface area contributed by atoms with Crippen LogP contribution in [0, 0.1) is 13.8 Å². The molecule has 1 fully saturated rings. The average molecular weight is 408 g/mol. The van der Waals surface area contributed by atoms with Crippen LogP contribution in [0.15, 0.2) is 61.2 Å². The Morgan fingerprint density at radius 2 is 2.00 bits per heavy atom. The fourth-order valence-corrected chi connectivity index (χ4v) is 3.73. The molecule has 0 N–H and O–H groups in total. The number of hydrogen-bond donors (Lipinski definition) is 0. The first-order valence-corrected chi connectivity index (χ1v) is 10.2. The van der Waals surface area contributed by atoms with E-state index in [4.69, 9.17) is 18.9 Å². The molecule has 2 atom stereocenters. The fourth-order valence-electron chi connectivity index (χ4n) is 3.73. The lowest BCUT2D eigenvalue weighted by atomic mass is 10.1. The van der Waals surface area contributed by atoms with Gasteiger partial charge in [-0.05, 0) is 49.6 Å². The zero-order valence-corrected chi connectivity index (χ0v) is 17.7. The van der Waals surface area contributed by atoms with Crippen molar-refractivity contribution < 1.29 is 18.9 Å². The number of imidazole rings is 1. The summed E-state index contributed by atoms with van der Waals surface area (Å²) in [5.41, 5.74) is 3.53. The SMILES string of the molecule is COc1ccc(CCC2(n3ccnc3)OCC(COc3ccc(C)cc3C)O2)cc1. The standard InChI is InChI=1S/C24H28N2O4/c1-18-4-9-23(19(2)14-18)28-15-22-16-29-24(30-22,26-13-12-25-17-26)11-10-20-5-7-21(27-3)8-6-20/h4-9,12-14,17,22H,10-11,15-16H2,1-3H3. The van der Waals surface area contributed by atoms with Gasteiger partial charge < -0.3 is 18.9 Å². The normalized spacial score (nSPS) is 21.0. The van der Waals surface area contributed by atoms with Crippen molar-refractivity contribution >= 4 is 0 Å². The van der Waals surface area contributed by atoms with Gasteiger partial charge in [0.15, 0.2) is 0 Å². The van der Waals surface area contributed by atoms with Gasteiger partial charge in [-0.2, -0.15) is 0 Å². The van der Waals surface area contributed by atoms with Crippen LogP contribution in [0.2, 0.25) is 0 Å². The predicted octanol–water partition coefficient (Wildman–Crippen LogP) is 4.25. The molecule has 6 heteroatoms. The van der Waals surface area contributed by atoms with Crippen molar-refractivity contribution in [3.8, 4) is 11.5 Å². The quantitative estimate of drug-likeness (QED) is 0.558. The number of hydrogen-bond acceptors (Lipinski definition) is 5. The molecule has 1 saturated heterocycles. The number of benzene rings is 2. The van der Waals surface area contributed by atoms with Gasteiger partial charge in [-0.25, -0.2) is 4.98 Å². The molecule has 0 saturated carbocycles. The number of methoxy groups -OCH3 is 1. The van der Waals surface area contributed by atoms with Gasteiger partial charge in [0, 0.05) is 18.8 Å². The first-order valence-electron chi connectivity index (χ1n) is 10.2. The van der Waals surface area contributed by atoms with Crippen LogP contribution in [-0.2, 0) is 21.8 Å². The minimum Gasteiger partial charge on any atom is -0.497 e. The summed E-state index contributed by atoms with van der Waals surface area (Å²) in [6.07, 6.45) is 6.65. The Morgan fingerprint density at radius 3 is 2.70 bits per heavy atom. The second kappa shape index (κ2) is 8.90. The first-order chi connectivity index (χ1) is 14.6. The molecule has 1 aliphatic rings. The van der Waals surface area contributed by atoms with E-state index in [9.17, 15) is 0 Å². The summed E-state index contributed by atoms with van der Waals surface area (Å²) in [4.78, 5) is 4.18. The predicted molar refractivity (Wildman–Crippen MR) is 114 cm³/mol. The van der Waals surface area contributed by atoms with Crippen molar-refractivity contribution in [1.82, 2.24) is 9.55 Å². The van der Waals surface area contributed by atoms with Crippen molar-refractivity contribution in [3.05, 3.63) is 77.9 Å². The van der Waals surface area contributed by atoms with E-state index in [2.05, 4.69) is 43.1 Å². The van der Waals surface area contributed by atoms with Crippen molar-refractivity contribution in [2.75, 3.05) is 20.3 Å². The van der Waals surface area contributed by atoms with Gasteiger partial charge in [-0.3, -0.25) is 4.57 Å². The van der Waals surface area contributed by atoms with E-state index < -0.39 is 5.91 Å². The van der Waals surface area contributed by atoms with E-state index in [1.54, 1.807) is 19.6 Å². The largest absolute Gasteiger partial charge is 0.497 e. The summed E-state index contributed by atoms with van der Waals surface area (Å²) in [7, 11) is 1.67. The summed E-state index contributed by atoms with van der Waals surface area (Å²) in [5.74, 6) is 0.842. The van der Waals surface area contributed by atoms with E-state index in [1.807, 2.05) is 29.0 Å². The van der Waals surface area contributed by atoms with Crippen LogP contribution in [0.3, 0.4) is 0 Å². The molecule has 0 spiro atoms. The third kappa shape index (κ3) is 4.50. The molecule has 0 radical (unpaired) electrons. The lowest BCUT2D eigenvalue weighted by molar-refractivity contribution is -0.238. The maximum atomic E-state index is 6.40. The van der Waals surface area contributed by atoms with E-state index in [0.29, 0.717) is 19.6 Å². The molecule has 6 nitrogen and oxygen atoms in total. The molecular formula is C24H28N2O4. The second-order valence-corrected chi connectivity index (χ2v) is 7.66. The third-order valence-electron chi connectivity index (χ3n) is 5.39. The molecule has 0 aliphatic carbocycles. The van der Waals surface area contributed by atoms with Crippen LogP contribution in [-0.4, -0.2) is 36.0 Å². The zero-order chi connectivity index (χ0) is 21.0. The monoisotopic (exact) mass is 408 g/mol. The Balaban J connectivity index is 1.42. The molecule has 2 unspecified atom stereocenters. The van der Waals surface area contributed by atoms with Crippen molar-refractivity contribution in [2.45, 2.75) is 38.7 Å². The number of aryl methyl sites for hydroxylation is 3. The topological polar surface area (TPSA) is 54.7 Å². The summed E-state index contributed by atoms with van der Waals surface area (Å²) in [6.45, 7) is 5.03. The Morgan fingerprint density at radius 1 is 1.17 bits per heavy atom. The Kier molecular flexibility index (Phi) is 6.06. The van der Waals surface area contributed by atoms with E-state index in [-0.39, 0.29) is 6.10 Å². The van der Waals surface area contributed by atoms with Crippen LogP contribution in [0.25, 0.3) is 0 Å². The molecule has 0 amide bonds. The minimum absolute atomic E-state index is 0.163. The van der Waals surface area contributed by atoms with E-state index in [1.165, 1.54) is 11.1 Å². The van der Waals surface area contributed by atoms with E-state index >= 15 is 0 Å². The maximum Gasteiger partial charge on any atom is 0.257 e. The maximum absolute atomic E-state index is 6.40. The van der Waals surface area contributed by atoms with Crippen LogP contribution in [0.4, 0.5) is 0 Å². The Bertz CT molecular complexity index is 956. The molecule has 1 aliphatic heterocycles. The molecular weight excluding hydrogens is 380 g/mol. The lowest BCUT2D eigenvalue weighted by Crippen LogP contribution is -2.36. The molecule has 30 heavy (non-hydrogen) atoms. The molecule has 0 bridgehead atoms. The van der Waals surface area contributed by atoms with Gasteiger partial charge in [0.1, 0.15) is 24.2 Å².